The highest BCUT2D eigenvalue weighted by Gasteiger charge is 2.40. The van der Waals surface area contributed by atoms with Gasteiger partial charge in [0.15, 0.2) is 5.85 Å². The number of azide groups is 1. The number of nitrogens with one attached hydrogen (secondary N) is 1. The van der Waals surface area contributed by atoms with E-state index in [0.29, 0.717) is 0 Å². The molecule has 8 nitrogen and oxygen atoms in total. The molecule has 0 spiro atoms. The fourth-order valence-corrected chi connectivity index (χ4v) is 4.01. The molecule has 1 rings (SSSR count). The van der Waals surface area contributed by atoms with Crippen LogP contribution in [0.4, 0.5) is 0 Å². The highest BCUT2D eigenvalue weighted by atomic mass is 31.2. The Morgan fingerprint density at radius 2 is 1.88 bits per heavy atom. The van der Waals surface area contributed by atoms with Gasteiger partial charge in [-0.05, 0) is 31.9 Å². The number of hydrogen-bond acceptors (Lipinski definition) is 6. The summed E-state index contributed by atoms with van der Waals surface area (Å²) in [6.45, 7) is 5.42. The van der Waals surface area contributed by atoms with E-state index >= 15 is 0 Å². The molecule has 3 atom stereocenters. The molecule has 1 aromatic carbocycles. The lowest BCUT2D eigenvalue weighted by molar-refractivity contribution is 0.123. The Balaban J connectivity index is 2.97. The first-order valence-corrected chi connectivity index (χ1v) is 9.48. The number of aliphatic hydroxyl groups is 1. The van der Waals surface area contributed by atoms with Crippen LogP contribution >= 0.6 is 7.60 Å². The molecule has 0 heterocycles. The molecule has 0 bridgehead atoms. The van der Waals surface area contributed by atoms with Gasteiger partial charge in [0.2, 0.25) is 0 Å². The van der Waals surface area contributed by atoms with Crippen LogP contribution in [0.25, 0.3) is 10.4 Å². The Labute approximate surface area is 142 Å². The van der Waals surface area contributed by atoms with Crippen LogP contribution in [0.3, 0.4) is 0 Å². The summed E-state index contributed by atoms with van der Waals surface area (Å²) in [6, 6.07) is 8.63. The Kier molecular flexibility index (Phi) is 9.00. The first kappa shape index (κ1) is 20.6. The normalized spacial score (nSPS) is 15.3. The van der Waals surface area contributed by atoms with Crippen LogP contribution in [-0.2, 0) is 13.6 Å². The maximum atomic E-state index is 12.8. The third-order valence-corrected chi connectivity index (χ3v) is 5.65. The molecule has 0 fully saturated rings. The first-order chi connectivity index (χ1) is 11.5. The summed E-state index contributed by atoms with van der Waals surface area (Å²) >= 11 is 0. The third-order valence-electron chi connectivity index (χ3n) is 3.41. The van der Waals surface area contributed by atoms with Gasteiger partial charge in [-0.2, -0.15) is 0 Å². The van der Waals surface area contributed by atoms with Crippen molar-refractivity contribution in [3.8, 4) is 0 Å². The summed E-state index contributed by atoms with van der Waals surface area (Å²) in [5.74, 6) is -1.45. The van der Waals surface area contributed by atoms with Crippen molar-refractivity contribution < 1.29 is 18.7 Å². The van der Waals surface area contributed by atoms with Crippen LogP contribution < -0.4 is 5.32 Å². The number of hydrogen-bond donors (Lipinski definition) is 2. The van der Waals surface area contributed by atoms with Gasteiger partial charge in [-0.15, -0.1) is 0 Å². The zero-order chi connectivity index (χ0) is 18.0. The summed E-state index contributed by atoms with van der Waals surface area (Å²) in [5.41, 5.74) is 9.56. The second-order valence-corrected chi connectivity index (χ2v) is 7.23. The number of rotatable bonds is 11. The maximum absolute atomic E-state index is 12.8. The van der Waals surface area contributed by atoms with Gasteiger partial charge in [0.25, 0.3) is 0 Å². The molecular formula is C15H25N4O4P. The van der Waals surface area contributed by atoms with Crippen LogP contribution in [0.1, 0.15) is 32.4 Å². The second-order valence-electron chi connectivity index (χ2n) is 5.11. The molecule has 0 aromatic heterocycles. The molecule has 0 unspecified atom stereocenters. The average molecular weight is 356 g/mol. The van der Waals surface area contributed by atoms with Crippen molar-refractivity contribution >= 4 is 7.60 Å². The zero-order valence-electron chi connectivity index (χ0n) is 14.2. The standard InChI is InChI=1S/C15H25N4O4P/c1-4-22-24(21,23-5-2)15(20)14(11-17-19-16)18-12(3)13-9-7-6-8-10-13/h6-10,12,14-15,18,20H,4-5,11H2,1-3H3/t12-,14+,15+/m1/s1. The van der Waals surface area contributed by atoms with Gasteiger partial charge < -0.3 is 19.5 Å². The predicted molar refractivity (Wildman–Crippen MR) is 92.7 cm³/mol. The monoisotopic (exact) mass is 356 g/mol. The molecular weight excluding hydrogens is 331 g/mol. The molecule has 9 heteroatoms. The molecule has 0 amide bonds. The van der Waals surface area contributed by atoms with E-state index < -0.39 is 19.5 Å². The molecule has 0 saturated carbocycles. The summed E-state index contributed by atoms with van der Waals surface area (Å²) in [6.07, 6.45) is 0. The Hall–Kier alpha value is -1.40. The first-order valence-electron chi connectivity index (χ1n) is 7.87. The fourth-order valence-electron chi connectivity index (χ4n) is 2.29. The largest absolute Gasteiger partial charge is 0.379 e. The lowest BCUT2D eigenvalue weighted by Gasteiger charge is -2.30. The molecule has 2 N–H and O–H groups in total. The molecule has 0 aliphatic heterocycles. The smallest absolute Gasteiger partial charge is 0.360 e. The summed E-state index contributed by atoms with van der Waals surface area (Å²) in [7, 11) is -3.74. The minimum atomic E-state index is -3.74. The van der Waals surface area contributed by atoms with Crippen LogP contribution in [0.2, 0.25) is 0 Å². The van der Waals surface area contributed by atoms with Gasteiger partial charge in [-0.3, -0.25) is 4.57 Å². The summed E-state index contributed by atoms with van der Waals surface area (Å²) < 4.78 is 23.1. The number of nitrogens with zero attached hydrogens (tertiary/aromatic N) is 3. The molecule has 1 aromatic rings. The SMILES string of the molecule is CCOP(=O)(OCC)[C@H](O)[C@H](CN=[N+]=[N-])N[C@H](C)c1ccccc1. The third kappa shape index (κ3) is 5.91. The Bertz CT molecular complexity index is 570. The fraction of sp³-hybridized carbons (Fsp3) is 0.600. The van der Waals surface area contributed by atoms with Crippen LogP contribution in [0.5, 0.6) is 0 Å². The molecule has 0 radical (unpaired) electrons. The van der Waals surface area contributed by atoms with E-state index in [1.165, 1.54) is 0 Å². The Morgan fingerprint density at radius 3 is 2.38 bits per heavy atom. The zero-order valence-corrected chi connectivity index (χ0v) is 15.1. The molecule has 0 saturated heterocycles. The molecule has 24 heavy (non-hydrogen) atoms. The van der Waals surface area contributed by atoms with Gasteiger partial charge in [0.05, 0.1) is 19.3 Å². The Morgan fingerprint density at radius 1 is 1.29 bits per heavy atom. The molecule has 134 valence electrons. The van der Waals surface area contributed by atoms with Crippen molar-refractivity contribution in [2.45, 2.75) is 38.7 Å². The van der Waals surface area contributed by atoms with Gasteiger partial charge in [-0.1, -0.05) is 35.4 Å². The highest BCUT2D eigenvalue weighted by molar-refractivity contribution is 7.54. The lowest BCUT2D eigenvalue weighted by Crippen LogP contribution is -2.43. The van der Waals surface area contributed by atoms with Crippen molar-refractivity contribution in [2.24, 2.45) is 5.11 Å². The number of benzene rings is 1. The average Bonchev–Trinajstić information content (AvgIpc) is 2.59. The van der Waals surface area contributed by atoms with Gasteiger partial charge in [0.1, 0.15) is 0 Å². The van der Waals surface area contributed by atoms with E-state index in [1.807, 2.05) is 37.3 Å². The van der Waals surface area contributed by atoms with E-state index in [1.54, 1.807) is 13.8 Å². The van der Waals surface area contributed by atoms with Crippen molar-refractivity contribution in [1.82, 2.24) is 5.32 Å². The van der Waals surface area contributed by atoms with Gasteiger partial charge in [-0.25, -0.2) is 0 Å². The lowest BCUT2D eigenvalue weighted by atomic mass is 10.1. The minimum Gasteiger partial charge on any atom is -0.379 e. The van der Waals surface area contributed by atoms with Crippen molar-refractivity contribution in [3.63, 3.8) is 0 Å². The maximum Gasteiger partial charge on any atom is 0.360 e. The van der Waals surface area contributed by atoms with E-state index in [2.05, 4.69) is 15.3 Å². The van der Waals surface area contributed by atoms with Crippen molar-refractivity contribution in [1.29, 1.82) is 0 Å². The summed E-state index contributed by atoms with van der Waals surface area (Å²) in [4.78, 5) is 2.71. The van der Waals surface area contributed by atoms with Crippen LogP contribution in [-0.4, -0.2) is 36.8 Å². The van der Waals surface area contributed by atoms with Gasteiger partial charge >= 0.3 is 7.60 Å². The summed E-state index contributed by atoms with van der Waals surface area (Å²) in [5, 5.41) is 17.2. The van der Waals surface area contributed by atoms with Crippen LogP contribution in [0, 0.1) is 0 Å². The number of aliphatic hydroxyl groups excluding tert-OH is 1. The predicted octanol–water partition coefficient (Wildman–Crippen LogP) is 3.60. The van der Waals surface area contributed by atoms with Crippen LogP contribution in [0.15, 0.2) is 35.4 Å². The second kappa shape index (κ2) is 10.5. The molecule has 0 aliphatic rings. The van der Waals surface area contributed by atoms with Gasteiger partial charge in [0, 0.05) is 17.5 Å². The van der Waals surface area contributed by atoms with Crippen molar-refractivity contribution in [2.75, 3.05) is 19.8 Å². The van der Waals surface area contributed by atoms with E-state index in [9.17, 15) is 9.67 Å². The topological polar surface area (TPSA) is 117 Å². The highest BCUT2D eigenvalue weighted by Crippen LogP contribution is 2.53. The van der Waals surface area contributed by atoms with E-state index in [0.717, 1.165) is 5.56 Å². The van der Waals surface area contributed by atoms with E-state index in [4.69, 9.17) is 14.6 Å². The van der Waals surface area contributed by atoms with Crippen molar-refractivity contribution in [3.05, 3.63) is 46.3 Å². The minimum absolute atomic E-state index is 0.0843. The quantitative estimate of drug-likeness (QED) is 0.272. The molecule has 0 aliphatic carbocycles. The van der Waals surface area contributed by atoms with E-state index in [-0.39, 0.29) is 25.8 Å².